The summed E-state index contributed by atoms with van der Waals surface area (Å²) in [5.41, 5.74) is 0.0114. The lowest BCUT2D eigenvalue weighted by Crippen LogP contribution is -2.16. The Kier molecular flexibility index (Phi) is 5.60. The summed E-state index contributed by atoms with van der Waals surface area (Å²) < 4.78 is 26.7. The van der Waals surface area contributed by atoms with E-state index in [0.717, 1.165) is 0 Å². The minimum absolute atomic E-state index is 0.0224. The number of carbonyl (C=O) groups excluding carboxylic acids is 1. The van der Waals surface area contributed by atoms with Gasteiger partial charge in [0.1, 0.15) is 0 Å². The van der Waals surface area contributed by atoms with Crippen molar-refractivity contribution in [3.8, 4) is 0 Å². The van der Waals surface area contributed by atoms with Crippen LogP contribution in [0.25, 0.3) is 0 Å². The molecule has 0 bridgehead atoms. The standard InChI is InChI=1S/C10H14O6S/c1-7(2)10(13)16-17(14,15)6-4-5-8(3)9(11)12/h5H,1,4,6H2,2-3H3,(H,11,12). The summed E-state index contributed by atoms with van der Waals surface area (Å²) in [6.07, 6.45) is 1.21. The third-order valence-electron chi connectivity index (χ3n) is 1.71. The average Bonchev–Trinajstić information content (AvgIpc) is 2.15. The molecule has 0 unspecified atom stereocenters. The number of hydrogen-bond acceptors (Lipinski definition) is 5. The molecular formula is C10H14O6S. The Hall–Kier alpha value is -1.63. The second-order valence-corrected chi connectivity index (χ2v) is 5.08. The first-order valence-electron chi connectivity index (χ1n) is 4.68. The van der Waals surface area contributed by atoms with Crippen molar-refractivity contribution in [3.05, 3.63) is 23.8 Å². The van der Waals surface area contributed by atoms with Gasteiger partial charge < -0.3 is 9.29 Å². The molecule has 0 atom stereocenters. The molecule has 7 heteroatoms. The highest BCUT2D eigenvalue weighted by Crippen LogP contribution is 2.04. The summed E-state index contributed by atoms with van der Waals surface area (Å²) in [5, 5.41) is 8.51. The van der Waals surface area contributed by atoms with Crippen molar-refractivity contribution in [2.45, 2.75) is 20.3 Å². The number of carbonyl (C=O) groups is 2. The van der Waals surface area contributed by atoms with Crippen molar-refractivity contribution in [2.75, 3.05) is 5.75 Å². The van der Waals surface area contributed by atoms with Gasteiger partial charge in [0.05, 0.1) is 5.75 Å². The van der Waals surface area contributed by atoms with E-state index >= 15 is 0 Å². The van der Waals surface area contributed by atoms with Crippen LogP contribution in [-0.2, 0) is 23.9 Å². The van der Waals surface area contributed by atoms with E-state index in [4.69, 9.17) is 5.11 Å². The topological polar surface area (TPSA) is 97.7 Å². The van der Waals surface area contributed by atoms with Crippen molar-refractivity contribution >= 4 is 22.1 Å². The monoisotopic (exact) mass is 262 g/mol. The van der Waals surface area contributed by atoms with Gasteiger partial charge in [0.15, 0.2) is 0 Å². The molecule has 96 valence electrons. The Balaban J connectivity index is 4.40. The molecular weight excluding hydrogens is 248 g/mol. The molecule has 17 heavy (non-hydrogen) atoms. The fourth-order valence-corrected chi connectivity index (χ4v) is 1.60. The van der Waals surface area contributed by atoms with Crippen molar-refractivity contribution in [1.29, 1.82) is 0 Å². The maximum absolute atomic E-state index is 11.2. The number of aliphatic carboxylic acids is 1. The first-order valence-corrected chi connectivity index (χ1v) is 6.25. The highest BCUT2D eigenvalue weighted by molar-refractivity contribution is 7.87. The van der Waals surface area contributed by atoms with Crippen LogP contribution >= 0.6 is 0 Å². The molecule has 0 aromatic heterocycles. The maximum Gasteiger partial charge on any atom is 0.348 e. The van der Waals surface area contributed by atoms with Crippen LogP contribution in [0.3, 0.4) is 0 Å². The van der Waals surface area contributed by atoms with Crippen molar-refractivity contribution in [3.63, 3.8) is 0 Å². The molecule has 0 fully saturated rings. The second kappa shape index (κ2) is 6.19. The molecule has 0 amide bonds. The van der Waals surface area contributed by atoms with E-state index in [1.165, 1.54) is 19.9 Å². The van der Waals surface area contributed by atoms with E-state index in [9.17, 15) is 18.0 Å². The largest absolute Gasteiger partial charge is 0.478 e. The predicted octanol–water partition coefficient (Wildman–Crippen LogP) is 0.857. The first kappa shape index (κ1) is 15.4. The van der Waals surface area contributed by atoms with Crippen LogP contribution in [0.2, 0.25) is 0 Å². The van der Waals surface area contributed by atoms with Crippen LogP contribution in [0.15, 0.2) is 23.8 Å². The highest BCUT2D eigenvalue weighted by Gasteiger charge is 2.16. The van der Waals surface area contributed by atoms with Gasteiger partial charge in [-0.1, -0.05) is 12.7 Å². The molecule has 0 aliphatic carbocycles. The lowest BCUT2D eigenvalue weighted by Gasteiger charge is -2.03. The van der Waals surface area contributed by atoms with Gasteiger partial charge in [-0.25, -0.2) is 9.59 Å². The summed E-state index contributed by atoms with van der Waals surface area (Å²) in [6.45, 7) is 5.91. The summed E-state index contributed by atoms with van der Waals surface area (Å²) in [5.74, 6) is -2.60. The van der Waals surface area contributed by atoms with Crippen LogP contribution < -0.4 is 0 Å². The van der Waals surface area contributed by atoms with E-state index < -0.39 is 27.8 Å². The van der Waals surface area contributed by atoms with E-state index in [1.54, 1.807) is 0 Å². The molecule has 0 saturated heterocycles. The minimum atomic E-state index is -4.00. The molecule has 0 aliphatic rings. The summed E-state index contributed by atoms with van der Waals surface area (Å²) >= 11 is 0. The van der Waals surface area contributed by atoms with Gasteiger partial charge in [-0.3, -0.25) is 0 Å². The van der Waals surface area contributed by atoms with E-state index in [-0.39, 0.29) is 17.6 Å². The summed E-state index contributed by atoms with van der Waals surface area (Å²) in [6, 6.07) is 0. The molecule has 6 nitrogen and oxygen atoms in total. The van der Waals surface area contributed by atoms with Gasteiger partial charge in [0.25, 0.3) is 0 Å². The van der Waals surface area contributed by atoms with Gasteiger partial charge in [0.2, 0.25) is 0 Å². The predicted molar refractivity (Wildman–Crippen MR) is 60.7 cm³/mol. The third-order valence-corrected chi connectivity index (χ3v) is 2.85. The SMILES string of the molecule is C=C(C)C(=O)OS(=O)(=O)CCC=C(C)C(=O)O. The number of carboxylic acids is 1. The van der Waals surface area contributed by atoms with E-state index in [2.05, 4.69) is 10.8 Å². The van der Waals surface area contributed by atoms with Crippen molar-refractivity contribution in [2.24, 2.45) is 0 Å². The Morgan fingerprint density at radius 2 is 1.88 bits per heavy atom. The van der Waals surface area contributed by atoms with Gasteiger partial charge in [0, 0.05) is 11.1 Å². The quantitative estimate of drug-likeness (QED) is 0.563. The average molecular weight is 262 g/mol. The van der Waals surface area contributed by atoms with Gasteiger partial charge in [-0.2, -0.15) is 8.42 Å². The summed E-state index contributed by atoms with van der Waals surface area (Å²) in [7, 11) is -4.00. The zero-order valence-electron chi connectivity index (χ0n) is 9.60. The second-order valence-electron chi connectivity index (χ2n) is 3.39. The highest BCUT2D eigenvalue weighted by atomic mass is 32.2. The smallest absolute Gasteiger partial charge is 0.348 e. The first-order chi connectivity index (χ1) is 7.65. The fourth-order valence-electron chi connectivity index (χ4n) is 0.735. The molecule has 0 aliphatic heterocycles. The third kappa shape index (κ3) is 6.52. The zero-order valence-corrected chi connectivity index (χ0v) is 10.4. The van der Waals surface area contributed by atoms with Gasteiger partial charge >= 0.3 is 22.1 Å². The normalized spacial score (nSPS) is 12.0. The Morgan fingerprint density at radius 1 is 1.35 bits per heavy atom. The van der Waals surface area contributed by atoms with Crippen molar-refractivity contribution < 1.29 is 27.3 Å². The fraction of sp³-hybridized carbons (Fsp3) is 0.400. The molecule has 0 aromatic rings. The Labute approximate surface area is 99.7 Å². The van der Waals surface area contributed by atoms with Crippen LogP contribution in [0.5, 0.6) is 0 Å². The Bertz CT molecular complexity index is 457. The molecule has 0 saturated carbocycles. The molecule has 0 heterocycles. The van der Waals surface area contributed by atoms with Crippen LogP contribution in [0.1, 0.15) is 20.3 Å². The molecule has 0 spiro atoms. The van der Waals surface area contributed by atoms with Crippen LogP contribution in [-0.4, -0.2) is 31.2 Å². The molecule has 0 aromatic carbocycles. The summed E-state index contributed by atoms with van der Waals surface area (Å²) in [4.78, 5) is 21.4. The molecule has 0 radical (unpaired) electrons. The van der Waals surface area contributed by atoms with E-state index in [0.29, 0.717) is 0 Å². The number of allylic oxidation sites excluding steroid dienone is 1. The number of carboxylic acid groups (broad SMARTS) is 1. The van der Waals surface area contributed by atoms with E-state index in [1.807, 2.05) is 0 Å². The zero-order chi connectivity index (χ0) is 13.6. The number of hydrogen-bond donors (Lipinski definition) is 1. The minimum Gasteiger partial charge on any atom is -0.478 e. The van der Waals surface area contributed by atoms with Crippen LogP contribution in [0.4, 0.5) is 0 Å². The lowest BCUT2D eigenvalue weighted by atomic mass is 10.2. The Morgan fingerprint density at radius 3 is 2.29 bits per heavy atom. The van der Waals surface area contributed by atoms with Gasteiger partial charge in [-0.15, -0.1) is 0 Å². The van der Waals surface area contributed by atoms with Crippen molar-refractivity contribution in [1.82, 2.24) is 0 Å². The number of rotatable bonds is 6. The van der Waals surface area contributed by atoms with Gasteiger partial charge in [-0.05, 0) is 20.3 Å². The maximum atomic E-state index is 11.2. The molecule has 0 rings (SSSR count). The van der Waals surface area contributed by atoms with Crippen LogP contribution in [0, 0.1) is 0 Å². The lowest BCUT2D eigenvalue weighted by molar-refractivity contribution is -0.132. The molecule has 1 N–H and O–H groups in total.